The molecule has 0 N–H and O–H groups in total. The van der Waals surface area contributed by atoms with Gasteiger partial charge in [0.05, 0.1) is 0 Å². The summed E-state index contributed by atoms with van der Waals surface area (Å²) in [6.45, 7) is 4.26. The van der Waals surface area contributed by atoms with Crippen molar-refractivity contribution < 1.29 is 0 Å². The quantitative estimate of drug-likeness (QED) is 0.672. The molecule has 2 rings (SSSR count). The van der Waals surface area contributed by atoms with Crippen LogP contribution in [0.5, 0.6) is 0 Å². The summed E-state index contributed by atoms with van der Waals surface area (Å²) >= 11 is 0. The highest BCUT2D eigenvalue weighted by atomic mass is 15.1. The largest absolute Gasteiger partial charge is 0.298 e. The third kappa shape index (κ3) is 2.37. The van der Waals surface area contributed by atoms with E-state index in [1.54, 1.807) is 0 Å². The van der Waals surface area contributed by atoms with E-state index in [9.17, 15) is 0 Å². The van der Waals surface area contributed by atoms with E-state index >= 15 is 0 Å². The first kappa shape index (κ1) is 10.2. The predicted molar refractivity (Wildman–Crippen MR) is 65.7 cm³/mol. The van der Waals surface area contributed by atoms with E-state index in [-0.39, 0.29) is 0 Å². The standard InChI is InChI=1S/C14H17N/c1-3-13-10-15(2)11-14(13)9-12-7-5-4-6-8-12/h3-9H,10-11H2,1-2H3/b13-3+,14-9+. The van der Waals surface area contributed by atoms with Crippen LogP contribution in [0.1, 0.15) is 12.5 Å². The molecule has 0 atom stereocenters. The molecule has 0 amide bonds. The second kappa shape index (κ2) is 4.45. The fourth-order valence-corrected chi connectivity index (χ4v) is 2.01. The number of nitrogens with zero attached hydrogens (tertiary/aromatic N) is 1. The van der Waals surface area contributed by atoms with E-state index in [0.717, 1.165) is 13.1 Å². The molecule has 1 aliphatic rings. The fraction of sp³-hybridized carbons (Fsp3) is 0.286. The van der Waals surface area contributed by atoms with Crippen molar-refractivity contribution in [3.8, 4) is 0 Å². The van der Waals surface area contributed by atoms with Gasteiger partial charge in [-0.2, -0.15) is 0 Å². The highest BCUT2D eigenvalue weighted by Gasteiger charge is 2.16. The molecule has 15 heavy (non-hydrogen) atoms. The molecule has 1 heteroatoms. The number of allylic oxidation sites excluding steroid dienone is 1. The first-order chi connectivity index (χ1) is 7.29. The van der Waals surface area contributed by atoms with Crippen molar-refractivity contribution in [3.05, 3.63) is 53.1 Å². The van der Waals surface area contributed by atoms with Gasteiger partial charge in [-0.15, -0.1) is 0 Å². The minimum atomic E-state index is 1.06. The number of hydrogen-bond donors (Lipinski definition) is 0. The third-order valence-corrected chi connectivity index (χ3v) is 2.78. The molecule has 1 saturated heterocycles. The van der Waals surface area contributed by atoms with Crippen LogP contribution in [0.2, 0.25) is 0 Å². The van der Waals surface area contributed by atoms with Gasteiger partial charge in [-0.05, 0) is 30.7 Å². The molecule has 1 fully saturated rings. The highest BCUT2D eigenvalue weighted by Crippen LogP contribution is 2.22. The summed E-state index contributed by atoms with van der Waals surface area (Å²) in [4.78, 5) is 2.34. The van der Waals surface area contributed by atoms with Crippen LogP contribution in [0.3, 0.4) is 0 Å². The van der Waals surface area contributed by atoms with E-state index in [1.807, 2.05) is 0 Å². The molecule has 1 aliphatic heterocycles. The normalized spacial score (nSPS) is 22.8. The Kier molecular flexibility index (Phi) is 3.02. The van der Waals surface area contributed by atoms with E-state index < -0.39 is 0 Å². The van der Waals surface area contributed by atoms with Crippen LogP contribution in [0.25, 0.3) is 6.08 Å². The summed E-state index contributed by atoms with van der Waals surface area (Å²) in [5.41, 5.74) is 4.20. The topological polar surface area (TPSA) is 3.24 Å². The maximum Gasteiger partial charge on any atom is 0.0237 e. The van der Waals surface area contributed by atoms with Gasteiger partial charge in [-0.1, -0.05) is 42.5 Å². The van der Waals surface area contributed by atoms with Crippen molar-refractivity contribution in [2.45, 2.75) is 6.92 Å². The van der Waals surface area contributed by atoms with E-state index in [1.165, 1.54) is 16.7 Å². The van der Waals surface area contributed by atoms with Gasteiger partial charge in [0, 0.05) is 13.1 Å². The molecule has 0 aliphatic carbocycles. The van der Waals surface area contributed by atoms with Gasteiger partial charge in [0.1, 0.15) is 0 Å². The van der Waals surface area contributed by atoms with Gasteiger partial charge in [0.25, 0.3) is 0 Å². The SMILES string of the molecule is C/C=C1\CN(C)C\C1=C/c1ccccc1. The van der Waals surface area contributed by atoms with Gasteiger partial charge >= 0.3 is 0 Å². The number of benzene rings is 1. The van der Waals surface area contributed by atoms with Crippen molar-refractivity contribution in [3.63, 3.8) is 0 Å². The second-order valence-electron chi connectivity index (χ2n) is 4.07. The van der Waals surface area contributed by atoms with Crippen LogP contribution in [0.4, 0.5) is 0 Å². The molecular formula is C14H17N. The zero-order chi connectivity index (χ0) is 10.7. The average molecular weight is 199 g/mol. The molecule has 1 nitrogen and oxygen atoms in total. The zero-order valence-electron chi connectivity index (χ0n) is 9.40. The molecular weight excluding hydrogens is 182 g/mol. The van der Waals surface area contributed by atoms with Crippen molar-refractivity contribution in [1.29, 1.82) is 0 Å². The first-order valence-electron chi connectivity index (χ1n) is 5.39. The number of hydrogen-bond acceptors (Lipinski definition) is 1. The summed E-state index contributed by atoms with van der Waals surface area (Å²) in [6.07, 6.45) is 4.51. The summed E-state index contributed by atoms with van der Waals surface area (Å²) in [5, 5.41) is 0. The molecule has 0 spiro atoms. The van der Waals surface area contributed by atoms with Gasteiger partial charge in [-0.25, -0.2) is 0 Å². The maximum atomic E-state index is 2.34. The Bertz CT molecular complexity index is 387. The molecule has 1 heterocycles. The summed E-state index contributed by atoms with van der Waals surface area (Å²) in [6, 6.07) is 10.5. The Hall–Kier alpha value is -1.34. The van der Waals surface area contributed by atoms with Crippen LogP contribution in [-0.2, 0) is 0 Å². The molecule has 0 radical (unpaired) electrons. The molecule has 1 aromatic rings. The van der Waals surface area contributed by atoms with Crippen LogP contribution in [0, 0.1) is 0 Å². The molecule has 0 bridgehead atoms. The van der Waals surface area contributed by atoms with Crippen LogP contribution >= 0.6 is 0 Å². The van der Waals surface area contributed by atoms with Gasteiger partial charge in [0.2, 0.25) is 0 Å². The molecule has 0 unspecified atom stereocenters. The Labute approximate surface area is 91.7 Å². The average Bonchev–Trinajstić information content (AvgIpc) is 2.60. The van der Waals surface area contributed by atoms with E-state index in [0.29, 0.717) is 0 Å². The summed E-state index contributed by atoms with van der Waals surface area (Å²) in [5.74, 6) is 0. The minimum Gasteiger partial charge on any atom is -0.298 e. The van der Waals surface area contributed by atoms with Crippen LogP contribution in [-0.4, -0.2) is 25.0 Å². The highest BCUT2D eigenvalue weighted by molar-refractivity contribution is 5.60. The zero-order valence-corrected chi connectivity index (χ0v) is 9.40. The van der Waals surface area contributed by atoms with Crippen molar-refractivity contribution in [1.82, 2.24) is 4.90 Å². The van der Waals surface area contributed by atoms with Crippen LogP contribution < -0.4 is 0 Å². The second-order valence-corrected chi connectivity index (χ2v) is 4.07. The fourth-order valence-electron chi connectivity index (χ4n) is 2.01. The lowest BCUT2D eigenvalue weighted by Crippen LogP contribution is -2.11. The molecule has 78 valence electrons. The summed E-state index contributed by atoms with van der Waals surface area (Å²) in [7, 11) is 2.16. The Morgan fingerprint density at radius 3 is 2.40 bits per heavy atom. The lowest BCUT2D eigenvalue weighted by atomic mass is 10.1. The molecule has 0 aromatic heterocycles. The van der Waals surface area contributed by atoms with Crippen molar-refractivity contribution in [2.24, 2.45) is 0 Å². The lowest BCUT2D eigenvalue weighted by molar-refractivity contribution is 0.437. The maximum absolute atomic E-state index is 2.34. The van der Waals surface area contributed by atoms with E-state index in [2.05, 4.69) is 61.4 Å². The first-order valence-corrected chi connectivity index (χ1v) is 5.39. The summed E-state index contributed by atoms with van der Waals surface area (Å²) < 4.78 is 0. The van der Waals surface area contributed by atoms with Gasteiger partial charge < -0.3 is 0 Å². The van der Waals surface area contributed by atoms with E-state index in [4.69, 9.17) is 0 Å². The van der Waals surface area contributed by atoms with Crippen LogP contribution in [0.15, 0.2) is 47.6 Å². The Morgan fingerprint density at radius 1 is 1.07 bits per heavy atom. The van der Waals surface area contributed by atoms with Crippen molar-refractivity contribution in [2.75, 3.05) is 20.1 Å². The minimum absolute atomic E-state index is 1.06. The predicted octanol–water partition coefficient (Wildman–Crippen LogP) is 2.96. The molecule has 1 aromatic carbocycles. The Balaban J connectivity index is 2.27. The molecule has 0 saturated carbocycles. The van der Waals surface area contributed by atoms with Gasteiger partial charge in [0.15, 0.2) is 0 Å². The number of likely N-dealkylation sites (N-methyl/N-ethyl adjacent to an activating group) is 1. The van der Waals surface area contributed by atoms with Crippen molar-refractivity contribution >= 4 is 6.08 Å². The van der Waals surface area contributed by atoms with Gasteiger partial charge in [-0.3, -0.25) is 4.90 Å². The monoisotopic (exact) mass is 199 g/mol. The smallest absolute Gasteiger partial charge is 0.0237 e. The number of likely N-dealkylation sites (tertiary alicyclic amines) is 1. The number of rotatable bonds is 1. The Morgan fingerprint density at radius 2 is 1.73 bits per heavy atom. The lowest BCUT2D eigenvalue weighted by Gasteiger charge is -2.01. The third-order valence-electron chi connectivity index (χ3n) is 2.78.